The maximum atomic E-state index is 13.2. The molecule has 3 rings (SSSR count). The molecule has 0 radical (unpaired) electrons. The fraction of sp³-hybridized carbons (Fsp3) is 0.391. The van der Waals surface area contributed by atoms with Gasteiger partial charge < -0.3 is 9.47 Å². The smallest absolute Gasteiger partial charge is 0.372 e. The number of hydrogen-bond acceptors (Lipinski definition) is 3. The van der Waals surface area contributed by atoms with Crippen LogP contribution >= 0.6 is 0 Å². The molecule has 2 aromatic rings. The second kappa shape index (κ2) is 9.25. The number of nitrogens with zero attached hydrogens (tertiary/aromatic N) is 1. The number of halogens is 6. The highest BCUT2D eigenvalue weighted by Crippen LogP contribution is 2.39. The van der Waals surface area contributed by atoms with E-state index in [0.717, 1.165) is 0 Å². The predicted octanol–water partition coefficient (Wildman–Crippen LogP) is 6.00. The van der Waals surface area contributed by atoms with Gasteiger partial charge in [0.1, 0.15) is 0 Å². The van der Waals surface area contributed by atoms with Crippen LogP contribution in [0, 0.1) is 0 Å². The molecular formula is C23H23F6NO2. The lowest BCUT2D eigenvalue weighted by Gasteiger charge is -2.48. The van der Waals surface area contributed by atoms with Gasteiger partial charge >= 0.3 is 12.4 Å². The Balaban J connectivity index is 2.01. The summed E-state index contributed by atoms with van der Waals surface area (Å²) in [4.78, 5) is 1.92. The largest absolute Gasteiger partial charge is 0.416 e. The van der Waals surface area contributed by atoms with Gasteiger partial charge in [0.15, 0.2) is 5.72 Å². The van der Waals surface area contributed by atoms with Gasteiger partial charge in [-0.1, -0.05) is 36.4 Å². The van der Waals surface area contributed by atoms with Crippen molar-refractivity contribution in [2.24, 2.45) is 0 Å². The molecule has 2 atom stereocenters. The Morgan fingerprint density at radius 3 is 2.19 bits per heavy atom. The zero-order valence-electron chi connectivity index (χ0n) is 17.3. The first-order valence-electron chi connectivity index (χ1n) is 9.91. The third-order valence-corrected chi connectivity index (χ3v) is 5.25. The maximum Gasteiger partial charge on any atom is 0.416 e. The van der Waals surface area contributed by atoms with E-state index in [0.29, 0.717) is 30.8 Å². The third kappa shape index (κ3) is 5.33. The normalized spacial score (nSPS) is 22.7. The van der Waals surface area contributed by atoms with Crippen molar-refractivity contribution in [3.05, 3.63) is 83.4 Å². The van der Waals surface area contributed by atoms with Crippen LogP contribution in [0.4, 0.5) is 26.3 Å². The Labute approximate surface area is 182 Å². The van der Waals surface area contributed by atoms with Crippen molar-refractivity contribution in [3.8, 4) is 0 Å². The molecule has 174 valence electrons. The van der Waals surface area contributed by atoms with Gasteiger partial charge in [0, 0.05) is 18.7 Å². The highest BCUT2D eigenvalue weighted by Gasteiger charge is 2.44. The van der Waals surface area contributed by atoms with Gasteiger partial charge in [-0.25, -0.2) is 0 Å². The van der Waals surface area contributed by atoms with Crippen LogP contribution in [0.2, 0.25) is 0 Å². The van der Waals surface area contributed by atoms with Gasteiger partial charge in [0.25, 0.3) is 0 Å². The number of rotatable bonds is 6. The van der Waals surface area contributed by atoms with Crippen LogP contribution in [0.5, 0.6) is 0 Å². The number of morpholine rings is 1. The van der Waals surface area contributed by atoms with Gasteiger partial charge in [-0.15, -0.1) is 6.58 Å². The molecule has 1 fully saturated rings. The molecule has 2 aromatic carbocycles. The first-order chi connectivity index (χ1) is 15.0. The van der Waals surface area contributed by atoms with E-state index >= 15 is 0 Å². The Bertz CT molecular complexity index is 896. The molecule has 0 bridgehead atoms. The van der Waals surface area contributed by atoms with Crippen molar-refractivity contribution in [3.63, 3.8) is 0 Å². The van der Waals surface area contributed by atoms with E-state index < -0.39 is 35.8 Å². The first-order valence-corrected chi connectivity index (χ1v) is 9.91. The predicted molar refractivity (Wildman–Crippen MR) is 107 cm³/mol. The zero-order valence-corrected chi connectivity index (χ0v) is 17.3. The Hall–Kier alpha value is -2.36. The van der Waals surface area contributed by atoms with E-state index in [9.17, 15) is 26.3 Å². The standard InChI is InChI=1S/C23H23F6NO2/c1-3-9-30-13-16(2)31-15-21(30,18-7-5-4-6-8-18)32-14-17-10-19(22(24,25)26)12-20(11-17)23(27,28)29/h3-8,10-12,16H,1,9,13-15H2,2H3/t16-,21+/m1/s1. The minimum absolute atomic E-state index is 0.0527. The Kier molecular flexibility index (Phi) is 7.02. The monoisotopic (exact) mass is 459 g/mol. The first kappa shape index (κ1) is 24.3. The van der Waals surface area contributed by atoms with Crippen LogP contribution in [0.15, 0.2) is 61.2 Å². The maximum absolute atomic E-state index is 13.2. The van der Waals surface area contributed by atoms with Crippen LogP contribution in [-0.2, 0) is 34.2 Å². The number of benzene rings is 2. The van der Waals surface area contributed by atoms with Gasteiger partial charge in [-0.3, -0.25) is 4.90 Å². The topological polar surface area (TPSA) is 21.7 Å². The molecule has 9 heteroatoms. The molecule has 0 N–H and O–H groups in total. The van der Waals surface area contributed by atoms with E-state index in [4.69, 9.17) is 9.47 Å². The number of alkyl halides is 6. The highest BCUT2D eigenvalue weighted by atomic mass is 19.4. The van der Waals surface area contributed by atoms with Crippen LogP contribution in [0.1, 0.15) is 29.2 Å². The number of ether oxygens (including phenoxy) is 2. The fourth-order valence-electron chi connectivity index (χ4n) is 3.72. The van der Waals surface area contributed by atoms with Crippen LogP contribution in [-0.4, -0.2) is 30.7 Å². The minimum Gasteiger partial charge on any atom is -0.372 e. The zero-order chi connectivity index (χ0) is 23.6. The summed E-state index contributed by atoms with van der Waals surface area (Å²) in [6.45, 7) is 6.02. The summed E-state index contributed by atoms with van der Waals surface area (Å²) >= 11 is 0. The molecule has 32 heavy (non-hydrogen) atoms. The third-order valence-electron chi connectivity index (χ3n) is 5.25. The summed E-state index contributed by atoms with van der Waals surface area (Å²) in [6, 6.07) is 10.4. The summed E-state index contributed by atoms with van der Waals surface area (Å²) < 4.78 is 91.3. The van der Waals surface area contributed by atoms with Gasteiger partial charge in [0.2, 0.25) is 0 Å². The molecule has 0 unspecified atom stereocenters. The average molecular weight is 459 g/mol. The van der Waals surface area contributed by atoms with Crippen molar-refractivity contribution in [2.75, 3.05) is 19.7 Å². The summed E-state index contributed by atoms with van der Waals surface area (Å²) in [7, 11) is 0. The van der Waals surface area contributed by atoms with Gasteiger partial charge in [-0.05, 0) is 30.7 Å². The summed E-state index contributed by atoms with van der Waals surface area (Å²) in [6.07, 6.45) is -8.33. The van der Waals surface area contributed by atoms with E-state index in [1.807, 2.05) is 11.8 Å². The van der Waals surface area contributed by atoms with E-state index in [-0.39, 0.29) is 24.3 Å². The van der Waals surface area contributed by atoms with Crippen molar-refractivity contribution >= 4 is 0 Å². The fourth-order valence-corrected chi connectivity index (χ4v) is 3.72. The van der Waals surface area contributed by atoms with Crippen LogP contribution < -0.4 is 0 Å². The van der Waals surface area contributed by atoms with Crippen LogP contribution in [0.25, 0.3) is 0 Å². The molecular weight excluding hydrogens is 436 g/mol. The lowest BCUT2D eigenvalue weighted by atomic mass is 9.98. The molecule has 0 saturated carbocycles. The minimum atomic E-state index is -4.93. The summed E-state index contributed by atoms with van der Waals surface area (Å²) in [5, 5.41) is 0. The molecule has 1 heterocycles. The Morgan fingerprint density at radius 1 is 1.06 bits per heavy atom. The van der Waals surface area contributed by atoms with E-state index in [2.05, 4.69) is 6.58 Å². The van der Waals surface area contributed by atoms with Gasteiger partial charge in [-0.2, -0.15) is 26.3 Å². The number of hydrogen-bond donors (Lipinski definition) is 0. The summed E-state index contributed by atoms with van der Waals surface area (Å²) in [5.41, 5.74) is -3.52. The lowest BCUT2D eigenvalue weighted by Crippen LogP contribution is -2.58. The molecule has 0 spiro atoms. The average Bonchev–Trinajstić information content (AvgIpc) is 2.73. The van der Waals surface area contributed by atoms with E-state index in [1.54, 1.807) is 36.4 Å². The van der Waals surface area contributed by atoms with Crippen molar-refractivity contribution in [2.45, 2.75) is 37.7 Å². The van der Waals surface area contributed by atoms with E-state index in [1.165, 1.54) is 0 Å². The highest BCUT2D eigenvalue weighted by molar-refractivity contribution is 5.33. The molecule has 1 aliphatic rings. The lowest BCUT2D eigenvalue weighted by molar-refractivity contribution is -0.246. The van der Waals surface area contributed by atoms with Crippen LogP contribution in [0.3, 0.4) is 0 Å². The molecule has 0 aromatic heterocycles. The summed E-state index contributed by atoms with van der Waals surface area (Å²) in [5.74, 6) is 0. The SMILES string of the molecule is C=CCN1C[C@@H](C)OC[C@]1(OCc1cc(C(F)(F)F)cc(C(F)(F)F)c1)c1ccccc1. The van der Waals surface area contributed by atoms with Crippen molar-refractivity contribution in [1.29, 1.82) is 0 Å². The molecule has 1 aliphatic heterocycles. The Morgan fingerprint density at radius 2 is 1.66 bits per heavy atom. The van der Waals surface area contributed by atoms with Crippen molar-refractivity contribution < 1.29 is 35.8 Å². The second-order valence-corrected chi connectivity index (χ2v) is 7.67. The molecule has 1 saturated heterocycles. The molecule has 0 amide bonds. The molecule has 0 aliphatic carbocycles. The van der Waals surface area contributed by atoms with Crippen molar-refractivity contribution in [1.82, 2.24) is 4.90 Å². The quantitative estimate of drug-likeness (QED) is 0.391. The second-order valence-electron chi connectivity index (χ2n) is 7.67. The van der Waals surface area contributed by atoms with Gasteiger partial charge in [0.05, 0.1) is 30.4 Å². The molecule has 3 nitrogen and oxygen atoms in total.